The predicted molar refractivity (Wildman–Crippen MR) is 101 cm³/mol. The van der Waals surface area contributed by atoms with Crippen LogP contribution in [0.1, 0.15) is 45.2 Å². The second-order valence-electron chi connectivity index (χ2n) is 6.53. The summed E-state index contributed by atoms with van der Waals surface area (Å²) in [6.45, 7) is 8.49. The molecule has 5 nitrogen and oxygen atoms in total. The third-order valence-corrected chi connectivity index (χ3v) is 5.04. The van der Waals surface area contributed by atoms with Gasteiger partial charge in [0.15, 0.2) is 0 Å². The summed E-state index contributed by atoms with van der Waals surface area (Å²) in [5.74, 6) is -0.153. The molecular weight excluding hydrogens is 338 g/mol. The fourth-order valence-corrected chi connectivity index (χ4v) is 3.45. The average Bonchev–Trinajstić information content (AvgIpc) is 2.62. The summed E-state index contributed by atoms with van der Waals surface area (Å²) in [5.41, 5.74) is 0.979. The summed E-state index contributed by atoms with van der Waals surface area (Å²) >= 11 is 6.02. The molecule has 1 aliphatic rings. The van der Waals surface area contributed by atoms with Crippen LogP contribution in [-0.2, 0) is 4.79 Å². The van der Waals surface area contributed by atoms with Crippen LogP contribution in [0.3, 0.4) is 0 Å². The first-order chi connectivity index (χ1) is 12.0. The number of halogens is 1. The second-order valence-corrected chi connectivity index (χ2v) is 6.96. The van der Waals surface area contributed by atoms with Crippen LogP contribution in [0.5, 0.6) is 0 Å². The van der Waals surface area contributed by atoms with Gasteiger partial charge in [0, 0.05) is 31.2 Å². The minimum atomic E-state index is -0.158. The third-order valence-electron chi connectivity index (χ3n) is 4.80. The van der Waals surface area contributed by atoms with Crippen molar-refractivity contribution in [2.45, 2.75) is 39.7 Å². The van der Waals surface area contributed by atoms with Crippen molar-refractivity contribution in [1.82, 2.24) is 15.1 Å². The van der Waals surface area contributed by atoms with Crippen molar-refractivity contribution in [3.8, 4) is 0 Å². The molecule has 138 valence electrons. The molecule has 1 saturated heterocycles. The van der Waals surface area contributed by atoms with Crippen molar-refractivity contribution in [2.24, 2.45) is 5.92 Å². The second kappa shape index (κ2) is 9.09. The Kier molecular flexibility index (Phi) is 7.12. The molecule has 0 spiro atoms. The first-order valence-corrected chi connectivity index (χ1v) is 9.43. The van der Waals surface area contributed by atoms with Gasteiger partial charge in [-0.25, -0.2) is 4.79 Å². The summed E-state index contributed by atoms with van der Waals surface area (Å²) < 4.78 is 0. The molecule has 3 amide bonds. The highest BCUT2D eigenvalue weighted by Crippen LogP contribution is 2.21. The van der Waals surface area contributed by atoms with Crippen molar-refractivity contribution in [3.05, 3.63) is 34.9 Å². The lowest BCUT2D eigenvalue weighted by molar-refractivity contribution is -0.127. The van der Waals surface area contributed by atoms with Crippen LogP contribution in [0.25, 0.3) is 0 Å². The average molecular weight is 366 g/mol. The van der Waals surface area contributed by atoms with E-state index in [1.54, 1.807) is 4.90 Å². The fraction of sp³-hybridized carbons (Fsp3) is 0.579. The molecule has 0 aromatic heterocycles. The minimum Gasteiger partial charge on any atom is -0.349 e. The van der Waals surface area contributed by atoms with E-state index in [0.717, 1.165) is 24.9 Å². The molecule has 0 radical (unpaired) electrons. The van der Waals surface area contributed by atoms with Gasteiger partial charge >= 0.3 is 6.03 Å². The van der Waals surface area contributed by atoms with Gasteiger partial charge in [0.1, 0.15) is 0 Å². The van der Waals surface area contributed by atoms with Crippen molar-refractivity contribution in [3.63, 3.8) is 0 Å². The Morgan fingerprint density at radius 1 is 1.36 bits per heavy atom. The Balaban J connectivity index is 1.96. The number of hydrogen-bond donors (Lipinski definition) is 1. The minimum absolute atomic E-state index is 0.00419. The van der Waals surface area contributed by atoms with Gasteiger partial charge in [-0.2, -0.15) is 0 Å². The maximum atomic E-state index is 12.6. The molecule has 0 aliphatic carbocycles. The summed E-state index contributed by atoms with van der Waals surface area (Å²) in [4.78, 5) is 28.8. The molecule has 2 atom stereocenters. The van der Waals surface area contributed by atoms with Gasteiger partial charge in [-0.3, -0.25) is 4.79 Å². The van der Waals surface area contributed by atoms with E-state index in [1.165, 1.54) is 0 Å². The fourth-order valence-electron chi connectivity index (χ4n) is 3.25. The lowest BCUT2D eigenvalue weighted by Crippen LogP contribution is -2.50. The standard InChI is InChI=1S/C19H28ClN3O2/c1-4-22(5-2)19(25)23-11-7-9-16(13-23)18(24)21-14(3)15-8-6-10-17(20)12-15/h6,8,10,12,14,16H,4-5,7,9,11,13H2,1-3H3,(H,21,24). The number of amides is 3. The lowest BCUT2D eigenvalue weighted by Gasteiger charge is -2.35. The molecule has 1 aliphatic heterocycles. The van der Waals surface area contributed by atoms with E-state index in [2.05, 4.69) is 5.32 Å². The van der Waals surface area contributed by atoms with Crippen LogP contribution < -0.4 is 5.32 Å². The molecule has 2 unspecified atom stereocenters. The molecule has 1 heterocycles. The van der Waals surface area contributed by atoms with Gasteiger partial charge in [-0.1, -0.05) is 23.7 Å². The van der Waals surface area contributed by atoms with E-state index in [0.29, 0.717) is 24.7 Å². The topological polar surface area (TPSA) is 52.7 Å². The summed E-state index contributed by atoms with van der Waals surface area (Å²) in [6, 6.07) is 7.44. The first-order valence-electron chi connectivity index (χ1n) is 9.05. The maximum absolute atomic E-state index is 12.6. The molecule has 0 saturated carbocycles. The Morgan fingerprint density at radius 2 is 2.08 bits per heavy atom. The number of urea groups is 1. The SMILES string of the molecule is CCN(CC)C(=O)N1CCCC(C(=O)NC(C)c2cccc(Cl)c2)C1. The van der Waals surface area contributed by atoms with Gasteiger partial charge < -0.3 is 15.1 Å². The van der Waals surface area contributed by atoms with Crippen LogP contribution in [-0.4, -0.2) is 47.9 Å². The molecule has 1 aromatic carbocycles. The monoisotopic (exact) mass is 365 g/mol. The van der Waals surface area contributed by atoms with Crippen LogP contribution in [0.4, 0.5) is 4.79 Å². The Morgan fingerprint density at radius 3 is 2.72 bits per heavy atom. The third kappa shape index (κ3) is 5.11. The summed E-state index contributed by atoms with van der Waals surface area (Å²) in [5, 5.41) is 3.72. The smallest absolute Gasteiger partial charge is 0.320 e. The first kappa shape index (κ1) is 19.6. The van der Waals surface area contributed by atoms with E-state index in [-0.39, 0.29) is 23.9 Å². The van der Waals surface area contributed by atoms with E-state index >= 15 is 0 Å². The number of carbonyl (C=O) groups excluding carboxylic acids is 2. The van der Waals surface area contributed by atoms with Crippen LogP contribution in [0.2, 0.25) is 5.02 Å². The van der Waals surface area contributed by atoms with E-state index in [4.69, 9.17) is 11.6 Å². The Labute approximate surface area is 155 Å². The number of nitrogens with one attached hydrogen (secondary N) is 1. The van der Waals surface area contributed by atoms with Gasteiger partial charge in [-0.15, -0.1) is 0 Å². The molecular formula is C19H28ClN3O2. The lowest BCUT2D eigenvalue weighted by atomic mass is 9.96. The summed E-state index contributed by atoms with van der Waals surface area (Å²) in [7, 11) is 0. The number of benzene rings is 1. The van der Waals surface area contributed by atoms with Crippen molar-refractivity contribution in [1.29, 1.82) is 0 Å². The molecule has 1 N–H and O–H groups in total. The van der Waals surface area contributed by atoms with Crippen LogP contribution in [0, 0.1) is 5.92 Å². The van der Waals surface area contributed by atoms with Crippen molar-refractivity contribution < 1.29 is 9.59 Å². The summed E-state index contributed by atoms with van der Waals surface area (Å²) in [6.07, 6.45) is 1.67. The molecule has 0 bridgehead atoms. The molecule has 1 fully saturated rings. The van der Waals surface area contributed by atoms with E-state index < -0.39 is 0 Å². The number of carbonyl (C=O) groups is 2. The quantitative estimate of drug-likeness (QED) is 0.865. The highest BCUT2D eigenvalue weighted by Gasteiger charge is 2.30. The number of likely N-dealkylation sites (tertiary alicyclic amines) is 1. The highest BCUT2D eigenvalue weighted by atomic mass is 35.5. The molecule has 25 heavy (non-hydrogen) atoms. The number of nitrogens with zero attached hydrogens (tertiary/aromatic N) is 2. The molecule has 1 aromatic rings. The van der Waals surface area contributed by atoms with Gasteiger partial charge in [0.05, 0.1) is 12.0 Å². The predicted octanol–water partition coefficient (Wildman–Crippen LogP) is 3.69. The zero-order valence-electron chi connectivity index (χ0n) is 15.3. The molecule has 2 rings (SSSR count). The largest absolute Gasteiger partial charge is 0.349 e. The zero-order valence-corrected chi connectivity index (χ0v) is 16.1. The Hall–Kier alpha value is -1.75. The van der Waals surface area contributed by atoms with E-state index in [1.807, 2.05) is 49.9 Å². The molecule has 6 heteroatoms. The highest BCUT2D eigenvalue weighted by molar-refractivity contribution is 6.30. The van der Waals surface area contributed by atoms with Crippen LogP contribution in [0.15, 0.2) is 24.3 Å². The van der Waals surface area contributed by atoms with E-state index in [9.17, 15) is 9.59 Å². The van der Waals surface area contributed by atoms with Crippen molar-refractivity contribution >= 4 is 23.5 Å². The maximum Gasteiger partial charge on any atom is 0.320 e. The number of piperidine rings is 1. The normalized spacial score (nSPS) is 18.6. The Bertz CT molecular complexity index is 604. The van der Waals surface area contributed by atoms with Gasteiger partial charge in [-0.05, 0) is 51.3 Å². The zero-order chi connectivity index (χ0) is 18.4. The van der Waals surface area contributed by atoms with Gasteiger partial charge in [0.25, 0.3) is 0 Å². The van der Waals surface area contributed by atoms with Crippen LogP contribution >= 0.6 is 11.6 Å². The number of rotatable bonds is 5. The van der Waals surface area contributed by atoms with Gasteiger partial charge in [0.2, 0.25) is 5.91 Å². The van der Waals surface area contributed by atoms with Crippen molar-refractivity contribution in [2.75, 3.05) is 26.2 Å². The number of hydrogen-bond acceptors (Lipinski definition) is 2.